The molecule has 1 saturated carbocycles. The summed E-state index contributed by atoms with van der Waals surface area (Å²) in [4.78, 5) is 21.7. The molecule has 0 unspecified atom stereocenters. The van der Waals surface area contributed by atoms with Crippen LogP contribution in [-0.4, -0.2) is 74.9 Å². The highest BCUT2D eigenvalue weighted by atomic mass is 16.6. The molecule has 1 amide bonds. The Morgan fingerprint density at radius 2 is 1.91 bits per heavy atom. The van der Waals surface area contributed by atoms with E-state index in [1.807, 2.05) is 32.7 Å². The third-order valence-corrected chi connectivity index (χ3v) is 6.54. The summed E-state index contributed by atoms with van der Waals surface area (Å²) in [5.41, 5.74) is -0.466. The van der Waals surface area contributed by atoms with Crippen LogP contribution in [0.5, 0.6) is 0 Å². The van der Waals surface area contributed by atoms with E-state index >= 15 is 0 Å². The Kier molecular flexibility index (Phi) is 6.90. The number of amides is 1. The molecule has 3 heterocycles. The predicted molar refractivity (Wildman–Crippen MR) is 123 cm³/mol. The van der Waals surface area contributed by atoms with Gasteiger partial charge in [-0.15, -0.1) is 10.2 Å². The average Bonchev–Trinajstić information content (AvgIpc) is 3.50. The summed E-state index contributed by atoms with van der Waals surface area (Å²) in [5.74, 6) is 3.62. The van der Waals surface area contributed by atoms with Crippen LogP contribution in [0, 0.1) is 5.92 Å². The van der Waals surface area contributed by atoms with Gasteiger partial charge in [0.1, 0.15) is 11.4 Å². The fraction of sp³-hybridized carbons (Fsp3) is 0.826. The number of carbonyl (C=O) groups is 1. The number of rotatable bonds is 5. The van der Waals surface area contributed by atoms with Crippen molar-refractivity contribution in [1.29, 1.82) is 0 Å². The van der Waals surface area contributed by atoms with Crippen molar-refractivity contribution >= 4 is 12.1 Å². The van der Waals surface area contributed by atoms with Gasteiger partial charge in [0.15, 0.2) is 11.8 Å². The van der Waals surface area contributed by atoms with Gasteiger partial charge in [-0.3, -0.25) is 4.99 Å². The Bertz CT molecular complexity index is 817. The first-order valence-electron chi connectivity index (χ1n) is 12.2. The van der Waals surface area contributed by atoms with Gasteiger partial charge in [0.25, 0.3) is 0 Å². The standard InChI is InChI=1S/C23H39N7O2/c1-23(2,3)32-22(31)30(16-17-8-9-17)18-10-13-28(14-11-18)21(24-4)25-15-20-27-26-19-7-5-6-12-29(19)20/h17-18H,5-16H2,1-4H3,(H,24,25). The second-order valence-electron chi connectivity index (χ2n) is 10.3. The molecule has 2 aliphatic heterocycles. The van der Waals surface area contributed by atoms with Gasteiger partial charge in [0.05, 0.1) is 6.54 Å². The number of hydrogen-bond donors (Lipinski definition) is 1. The molecule has 2 fully saturated rings. The van der Waals surface area contributed by atoms with E-state index in [0.717, 1.165) is 63.0 Å². The quantitative estimate of drug-likeness (QED) is 0.554. The maximum atomic E-state index is 12.9. The number of ether oxygens (including phenoxy) is 1. The van der Waals surface area contributed by atoms with Crippen molar-refractivity contribution in [2.75, 3.05) is 26.7 Å². The third kappa shape index (κ3) is 5.72. The first kappa shape index (κ1) is 22.9. The molecular formula is C23H39N7O2. The van der Waals surface area contributed by atoms with E-state index in [0.29, 0.717) is 12.5 Å². The second kappa shape index (κ2) is 9.67. The van der Waals surface area contributed by atoms with E-state index in [1.165, 1.54) is 25.7 Å². The third-order valence-electron chi connectivity index (χ3n) is 6.54. The Hall–Kier alpha value is -2.32. The number of hydrogen-bond acceptors (Lipinski definition) is 5. The van der Waals surface area contributed by atoms with E-state index in [-0.39, 0.29) is 12.1 Å². The lowest BCUT2D eigenvalue weighted by Crippen LogP contribution is -2.52. The van der Waals surface area contributed by atoms with Crippen molar-refractivity contribution in [3.8, 4) is 0 Å². The number of nitrogens with one attached hydrogen (secondary N) is 1. The second-order valence-corrected chi connectivity index (χ2v) is 10.3. The van der Waals surface area contributed by atoms with Crippen molar-refractivity contribution in [3.05, 3.63) is 11.6 Å². The number of aromatic nitrogens is 3. The van der Waals surface area contributed by atoms with Gasteiger partial charge in [0, 0.05) is 45.7 Å². The van der Waals surface area contributed by atoms with E-state index in [9.17, 15) is 4.79 Å². The summed E-state index contributed by atoms with van der Waals surface area (Å²) in [7, 11) is 1.83. The SMILES string of the molecule is CN=C(NCc1nnc2n1CCCC2)N1CCC(N(CC2CC2)C(=O)OC(C)(C)C)CC1. The summed E-state index contributed by atoms with van der Waals surface area (Å²) < 4.78 is 7.97. The number of nitrogens with zero attached hydrogens (tertiary/aromatic N) is 6. The molecule has 9 heteroatoms. The number of piperidine rings is 1. The van der Waals surface area contributed by atoms with Gasteiger partial charge in [-0.1, -0.05) is 0 Å². The van der Waals surface area contributed by atoms with Gasteiger partial charge >= 0.3 is 6.09 Å². The van der Waals surface area contributed by atoms with Crippen LogP contribution < -0.4 is 5.32 Å². The normalized spacial score (nSPS) is 20.1. The molecule has 0 spiro atoms. The van der Waals surface area contributed by atoms with Crippen LogP contribution in [0.25, 0.3) is 0 Å². The Balaban J connectivity index is 1.31. The summed E-state index contributed by atoms with van der Waals surface area (Å²) in [5, 5.41) is 12.2. The highest BCUT2D eigenvalue weighted by Crippen LogP contribution is 2.32. The summed E-state index contributed by atoms with van der Waals surface area (Å²) >= 11 is 0. The van der Waals surface area contributed by atoms with Crippen LogP contribution >= 0.6 is 0 Å². The fourth-order valence-electron chi connectivity index (χ4n) is 4.65. The molecule has 1 aliphatic carbocycles. The van der Waals surface area contributed by atoms with Gasteiger partial charge < -0.3 is 24.4 Å². The fourth-order valence-corrected chi connectivity index (χ4v) is 4.65. The molecule has 32 heavy (non-hydrogen) atoms. The van der Waals surface area contributed by atoms with Gasteiger partial charge in [-0.2, -0.15) is 0 Å². The molecule has 0 radical (unpaired) electrons. The van der Waals surface area contributed by atoms with Crippen LogP contribution in [0.1, 0.15) is 70.9 Å². The molecule has 1 N–H and O–H groups in total. The highest BCUT2D eigenvalue weighted by molar-refractivity contribution is 5.80. The van der Waals surface area contributed by atoms with Crippen LogP contribution in [0.4, 0.5) is 4.79 Å². The van der Waals surface area contributed by atoms with Crippen molar-refractivity contribution in [3.63, 3.8) is 0 Å². The van der Waals surface area contributed by atoms with Gasteiger partial charge in [-0.25, -0.2) is 4.79 Å². The van der Waals surface area contributed by atoms with E-state index in [1.54, 1.807) is 0 Å². The van der Waals surface area contributed by atoms with E-state index < -0.39 is 5.60 Å². The van der Waals surface area contributed by atoms with Crippen molar-refractivity contribution < 1.29 is 9.53 Å². The zero-order valence-electron chi connectivity index (χ0n) is 20.1. The van der Waals surface area contributed by atoms with Crippen molar-refractivity contribution in [1.82, 2.24) is 29.9 Å². The minimum atomic E-state index is -0.466. The predicted octanol–water partition coefficient (Wildman–Crippen LogP) is 2.80. The Morgan fingerprint density at radius 1 is 1.16 bits per heavy atom. The number of aliphatic imine (C=N–C) groups is 1. The Labute approximate surface area is 191 Å². The maximum Gasteiger partial charge on any atom is 0.410 e. The molecule has 1 aromatic rings. The molecule has 1 saturated heterocycles. The summed E-state index contributed by atoms with van der Waals surface area (Å²) in [6, 6.07) is 0.225. The lowest BCUT2D eigenvalue weighted by atomic mass is 10.0. The topological polar surface area (TPSA) is 87.9 Å². The maximum absolute atomic E-state index is 12.9. The van der Waals surface area contributed by atoms with E-state index in [2.05, 4.69) is 30.0 Å². The molecule has 0 bridgehead atoms. The van der Waals surface area contributed by atoms with Crippen LogP contribution in [-0.2, 0) is 24.2 Å². The lowest BCUT2D eigenvalue weighted by molar-refractivity contribution is 0.00928. The summed E-state index contributed by atoms with van der Waals surface area (Å²) in [6.07, 6.45) is 7.53. The zero-order valence-corrected chi connectivity index (χ0v) is 20.1. The molecule has 178 valence electrons. The lowest BCUT2D eigenvalue weighted by Gasteiger charge is -2.40. The molecule has 9 nitrogen and oxygen atoms in total. The minimum absolute atomic E-state index is 0.165. The highest BCUT2D eigenvalue weighted by Gasteiger charge is 2.35. The smallest absolute Gasteiger partial charge is 0.410 e. The molecule has 0 atom stereocenters. The first-order chi connectivity index (χ1) is 15.3. The van der Waals surface area contributed by atoms with Crippen molar-refractivity contribution in [2.45, 2.75) is 90.4 Å². The number of guanidine groups is 1. The monoisotopic (exact) mass is 445 g/mol. The van der Waals surface area contributed by atoms with Gasteiger partial charge in [0.2, 0.25) is 0 Å². The zero-order chi connectivity index (χ0) is 22.7. The molecule has 3 aliphatic rings. The minimum Gasteiger partial charge on any atom is -0.444 e. The van der Waals surface area contributed by atoms with Crippen LogP contribution in [0.3, 0.4) is 0 Å². The molecule has 4 rings (SSSR count). The molecule has 0 aromatic carbocycles. The average molecular weight is 446 g/mol. The molecular weight excluding hydrogens is 406 g/mol. The summed E-state index contributed by atoms with van der Waals surface area (Å²) in [6.45, 7) is 10.0. The van der Waals surface area contributed by atoms with Crippen molar-refractivity contribution in [2.24, 2.45) is 10.9 Å². The number of aryl methyl sites for hydroxylation is 1. The number of fused-ring (bicyclic) bond motifs is 1. The van der Waals surface area contributed by atoms with Crippen LogP contribution in [0.2, 0.25) is 0 Å². The van der Waals surface area contributed by atoms with E-state index in [4.69, 9.17) is 4.74 Å². The largest absolute Gasteiger partial charge is 0.444 e. The number of carbonyl (C=O) groups excluding carboxylic acids is 1. The number of likely N-dealkylation sites (tertiary alicyclic amines) is 1. The Morgan fingerprint density at radius 3 is 2.56 bits per heavy atom. The first-order valence-corrected chi connectivity index (χ1v) is 12.2. The molecule has 1 aromatic heterocycles. The van der Waals surface area contributed by atoms with Gasteiger partial charge in [-0.05, 0) is 65.2 Å². The van der Waals surface area contributed by atoms with Crippen LogP contribution in [0.15, 0.2) is 4.99 Å².